The van der Waals surface area contributed by atoms with Crippen LogP contribution in [0.3, 0.4) is 0 Å². The fourth-order valence-electron chi connectivity index (χ4n) is 1.25. The first-order valence-corrected chi connectivity index (χ1v) is 4.82. The lowest BCUT2D eigenvalue weighted by molar-refractivity contribution is -0.140. The molecule has 1 atom stereocenters. The fourth-order valence-corrected chi connectivity index (χ4v) is 1.25. The molecule has 1 heterocycles. The molecule has 1 amide bonds. The first-order chi connectivity index (χ1) is 7.15. The number of rotatable bonds is 4. The summed E-state index contributed by atoms with van der Waals surface area (Å²) in [5.74, 6) is -0.0265. The molecule has 1 aromatic heterocycles. The molecule has 1 aromatic rings. The van der Waals surface area contributed by atoms with Gasteiger partial charge in [0, 0.05) is 33.1 Å². The third-order valence-electron chi connectivity index (χ3n) is 2.22. The van der Waals surface area contributed by atoms with Crippen LogP contribution in [0.2, 0.25) is 0 Å². The van der Waals surface area contributed by atoms with Crippen LogP contribution in [0, 0.1) is 0 Å². The van der Waals surface area contributed by atoms with Crippen molar-refractivity contribution in [1.29, 1.82) is 0 Å². The standard InChI is InChI=1S/C11H16N2O2/c1-9(15-3)11(14)13(2)8-10-5-4-6-12-7-10/h4-7,9H,8H2,1-3H3. The van der Waals surface area contributed by atoms with Crippen molar-refractivity contribution in [1.82, 2.24) is 9.88 Å². The predicted molar refractivity (Wildman–Crippen MR) is 57.2 cm³/mol. The smallest absolute Gasteiger partial charge is 0.251 e. The maximum Gasteiger partial charge on any atom is 0.251 e. The minimum Gasteiger partial charge on any atom is -0.372 e. The zero-order chi connectivity index (χ0) is 11.3. The summed E-state index contributed by atoms with van der Waals surface area (Å²) in [4.78, 5) is 17.3. The number of hydrogen-bond donors (Lipinski definition) is 0. The van der Waals surface area contributed by atoms with E-state index in [1.165, 1.54) is 7.11 Å². The zero-order valence-corrected chi connectivity index (χ0v) is 9.30. The third kappa shape index (κ3) is 3.32. The molecule has 0 aliphatic carbocycles. The van der Waals surface area contributed by atoms with E-state index in [4.69, 9.17) is 4.74 Å². The Morgan fingerprint density at radius 1 is 1.67 bits per heavy atom. The van der Waals surface area contributed by atoms with Gasteiger partial charge in [-0.25, -0.2) is 0 Å². The lowest BCUT2D eigenvalue weighted by Crippen LogP contribution is -2.35. The van der Waals surface area contributed by atoms with Gasteiger partial charge >= 0.3 is 0 Å². The summed E-state index contributed by atoms with van der Waals surface area (Å²) in [6.07, 6.45) is 3.07. The molecule has 0 saturated heterocycles. The number of carbonyl (C=O) groups excluding carboxylic acids is 1. The van der Waals surface area contributed by atoms with Crippen LogP contribution in [0.15, 0.2) is 24.5 Å². The minimum absolute atomic E-state index is 0.0265. The second-order valence-corrected chi connectivity index (χ2v) is 3.43. The number of pyridine rings is 1. The van der Waals surface area contributed by atoms with Gasteiger partial charge in [0.25, 0.3) is 5.91 Å². The number of carbonyl (C=O) groups is 1. The Bertz CT molecular complexity index is 314. The molecule has 0 bridgehead atoms. The average molecular weight is 208 g/mol. The third-order valence-corrected chi connectivity index (χ3v) is 2.22. The quantitative estimate of drug-likeness (QED) is 0.743. The van der Waals surface area contributed by atoms with Crippen molar-refractivity contribution in [3.8, 4) is 0 Å². The van der Waals surface area contributed by atoms with Crippen LogP contribution < -0.4 is 0 Å². The van der Waals surface area contributed by atoms with E-state index in [1.807, 2.05) is 12.1 Å². The Hall–Kier alpha value is -1.42. The number of amides is 1. The molecule has 0 aromatic carbocycles. The zero-order valence-electron chi connectivity index (χ0n) is 9.30. The normalized spacial score (nSPS) is 12.2. The van der Waals surface area contributed by atoms with Crippen molar-refractivity contribution in [3.63, 3.8) is 0 Å². The van der Waals surface area contributed by atoms with Crippen molar-refractivity contribution in [2.24, 2.45) is 0 Å². The van der Waals surface area contributed by atoms with Crippen molar-refractivity contribution in [2.45, 2.75) is 19.6 Å². The Morgan fingerprint density at radius 2 is 2.40 bits per heavy atom. The van der Waals surface area contributed by atoms with Gasteiger partial charge < -0.3 is 9.64 Å². The molecule has 82 valence electrons. The highest BCUT2D eigenvalue weighted by atomic mass is 16.5. The van der Waals surface area contributed by atoms with E-state index in [0.29, 0.717) is 6.54 Å². The van der Waals surface area contributed by atoms with Gasteiger partial charge in [0.2, 0.25) is 0 Å². The first-order valence-electron chi connectivity index (χ1n) is 4.82. The molecule has 0 fully saturated rings. The van der Waals surface area contributed by atoms with Gasteiger partial charge in [-0.1, -0.05) is 6.07 Å². The number of methoxy groups -OCH3 is 1. The number of nitrogens with zero attached hydrogens (tertiary/aromatic N) is 2. The maximum absolute atomic E-state index is 11.7. The molecule has 0 radical (unpaired) electrons. The number of hydrogen-bond acceptors (Lipinski definition) is 3. The summed E-state index contributed by atoms with van der Waals surface area (Å²) < 4.78 is 4.96. The lowest BCUT2D eigenvalue weighted by atomic mass is 10.2. The van der Waals surface area contributed by atoms with Crippen LogP contribution in [0.5, 0.6) is 0 Å². The summed E-state index contributed by atoms with van der Waals surface area (Å²) >= 11 is 0. The van der Waals surface area contributed by atoms with E-state index in [0.717, 1.165) is 5.56 Å². The minimum atomic E-state index is -0.397. The molecule has 15 heavy (non-hydrogen) atoms. The van der Waals surface area contributed by atoms with E-state index in [1.54, 1.807) is 31.3 Å². The van der Waals surface area contributed by atoms with Crippen molar-refractivity contribution >= 4 is 5.91 Å². The summed E-state index contributed by atoms with van der Waals surface area (Å²) in [5.41, 5.74) is 1.01. The van der Waals surface area contributed by atoms with Crippen LogP contribution in [0.1, 0.15) is 12.5 Å². The van der Waals surface area contributed by atoms with Gasteiger partial charge in [-0.2, -0.15) is 0 Å². The van der Waals surface area contributed by atoms with Gasteiger partial charge in [0.15, 0.2) is 0 Å². The molecule has 1 unspecified atom stereocenters. The van der Waals surface area contributed by atoms with Crippen LogP contribution in [-0.4, -0.2) is 36.1 Å². The molecule has 0 N–H and O–H groups in total. The predicted octanol–water partition coefficient (Wildman–Crippen LogP) is 1.07. The fraction of sp³-hybridized carbons (Fsp3) is 0.455. The van der Waals surface area contributed by atoms with Crippen molar-refractivity contribution < 1.29 is 9.53 Å². The average Bonchev–Trinajstić information content (AvgIpc) is 2.28. The summed E-state index contributed by atoms with van der Waals surface area (Å²) in [5, 5.41) is 0. The molecular formula is C11H16N2O2. The highest BCUT2D eigenvalue weighted by molar-refractivity contribution is 5.80. The second-order valence-electron chi connectivity index (χ2n) is 3.43. The Balaban J connectivity index is 2.56. The monoisotopic (exact) mass is 208 g/mol. The van der Waals surface area contributed by atoms with Gasteiger partial charge in [-0.15, -0.1) is 0 Å². The van der Waals surface area contributed by atoms with E-state index < -0.39 is 6.10 Å². The Morgan fingerprint density at radius 3 is 2.93 bits per heavy atom. The summed E-state index contributed by atoms with van der Waals surface area (Å²) in [6, 6.07) is 3.79. The topological polar surface area (TPSA) is 42.4 Å². The number of likely N-dealkylation sites (N-methyl/N-ethyl adjacent to an activating group) is 1. The highest BCUT2D eigenvalue weighted by Gasteiger charge is 2.16. The molecule has 1 rings (SSSR count). The van der Waals surface area contributed by atoms with Gasteiger partial charge in [0.1, 0.15) is 6.10 Å². The lowest BCUT2D eigenvalue weighted by Gasteiger charge is -2.20. The van der Waals surface area contributed by atoms with Gasteiger partial charge in [-0.3, -0.25) is 9.78 Å². The van der Waals surface area contributed by atoms with Crippen LogP contribution in [0.25, 0.3) is 0 Å². The highest BCUT2D eigenvalue weighted by Crippen LogP contribution is 2.03. The SMILES string of the molecule is COC(C)C(=O)N(C)Cc1cccnc1. The maximum atomic E-state index is 11.7. The van der Waals surface area contributed by atoms with Gasteiger partial charge in [-0.05, 0) is 18.6 Å². The van der Waals surface area contributed by atoms with Crippen LogP contribution >= 0.6 is 0 Å². The first kappa shape index (κ1) is 11.7. The summed E-state index contributed by atoms with van der Waals surface area (Å²) in [6.45, 7) is 2.29. The van der Waals surface area contributed by atoms with E-state index in [9.17, 15) is 4.79 Å². The largest absolute Gasteiger partial charge is 0.372 e. The molecule has 4 nitrogen and oxygen atoms in total. The number of aromatic nitrogens is 1. The molecule has 4 heteroatoms. The second kappa shape index (κ2) is 5.46. The summed E-state index contributed by atoms with van der Waals surface area (Å²) in [7, 11) is 3.28. The van der Waals surface area contributed by atoms with Gasteiger partial charge in [0.05, 0.1) is 0 Å². The Labute approximate surface area is 89.9 Å². The van der Waals surface area contributed by atoms with E-state index in [2.05, 4.69) is 4.98 Å². The molecule has 0 aliphatic heterocycles. The van der Waals surface area contributed by atoms with Crippen LogP contribution in [0.4, 0.5) is 0 Å². The molecule has 0 aliphatic rings. The van der Waals surface area contributed by atoms with Crippen molar-refractivity contribution in [2.75, 3.05) is 14.2 Å². The Kier molecular flexibility index (Phi) is 4.24. The molecular weight excluding hydrogens is 192 g/mol. The molecule has 0 spiro atoms. The number of ether oxygens (including phenoxy) is 1. The van der Waals surface area contributed by atoms with E-state index in [-0.39, 0.29) is 5.91 Å². The van der Waals surface area contributed by atoms with Crippen molar-refractivity contribution in [3.05, 3.63) is 30.1 Å². The van der Waals surface area contributed by atoms with E-state index >= 15 is 0 Å². The van der Waals surface area contributed by atoms with Crippen LogP contribution in [-0.2, 0) is 16.1 Å². The molecule has 0 saturated carbocycles.